The van der Waals surface area contributed by atoms with E-state index in [-0.39, 0.29) is 6.10 Å². The second-order valence-corrected chi connectivity index (χ2v) is 6.14. The normalized spacial score (nSPS) is 15.8. The van der Waals surface area contributed by atoms with Crippen molar-refractivity contribution in [1.29, 1.82) is 0 Å². The second-order valence-electron chi connectivity index (χ2n) is 6.14. The molecular formula is C17H30N2O3. The van der Waals surface area contributed by atoms with Gasteiger partial charge in [0.25, 0.3) is 0 Å². The van der Waals surface area contributed by atoms with Crippen LogP contribution in [0.1, 0.15) is 31.9 Å². The molecule has 0 spiro atoms. The molecule has 0 aromatic heterocycles. The minimum atomic E-state index is -0.431. The Morgan fingerprint density at radius 1 is 0.909 bits per heavy atom. The molecule has 0 amide bonds. The van der Waals surface area contributed by atoms with Gasteiger partial charge in [-0.05, 0) is 31.9 Å². The van der Waals surface area contributed by atoms with Gasteiger partial charge >= 0.3 is 0 Å². The minimum absolute atomic E-state index is 0.367. The van der Waals surface area contributed by atoms with Crippen molar-refractivity contribution >= 4 is 0 Å². The second kappa shape index (κ2) is 9.92. The van der Waals surface area contributed by atoms with E-state index in [0.717, 1.165) is 0 Å². The summed E-state index contributed by atoms with van der Waals surface area (Å²) in [6.45, 7) is 8.25. The molecule has 1 rings (SSSR count). The standard InChI is InChI=1S/C17H30N2O3/c1-13(20)8-18-9-16-6-4-5-7-17(16)12-19(10-14(2)21)11-15(3)22/h4-7,13-15,18,20-22H,8-12H2,1-3H3. The molecule has 1 aromatic rings. The predicted molar refractivity (Wildman–Crippen MR) is 88.5 cm³/mol. The molecule has 3 unspecified atom stereocenters. The summed E-state index contributed by atoms with van der Waals surface area (Å²) >= 11 is 0. The highest BCUT2D eigenvalue weighted by Gasteiger charge is 2.13. The number of benzene rings is 1. The molecule has 0 radical (unpaired) electrons. The zero-order valence-corrected chi connectivity index (χ0v) is 13.9. The van der Waals surface area contributed by atoms with Gasteiger partial charge in [-0.1, -0.05) is 24.3 Å². The van der Waals surface area contributed by atoms with Gasteiger partial charge in [-0.25, -0.2) is 0 Å². The molecule has 0 aliphatic carbocycles. The maximum absolute atomic E-state index is 9.62. The zero-order chi connectivity index (χ0) is 16.5. The summed E-state index contributed by atoms with van der Waals surface area (Å²) < 4.78 is 0. The highest BCUT2D eigenvalue weighted by molar-refractivity contribution is 5.27. The predicted octanol–water partition coefficient (Wildman–Crippen LogP) is 0.721. The van der Waals surface area contributed by atoms with Crippen LogP contribution in [0.2, 0.25) is 0 Å². The molecule has 0 saturated carbocycles. The van der Waals surface area contributed by atoms with Gasteiger partial charge in [0.2, 0.25) is 0 Å². The lowest BCUT2D eigenvalue weighted by atomic mass is 10.1. The molecule has 22 heavy (non-hydrogen) atoms. The van der Waals surface area contributed by atoms with Gasteiger partial charge in [0.1, 0.15) is 0 Å². The van der Waals surface area contributed by atoms with Crippen LogP contribution in [-0.4, -0.2) is 58.2 Å². The Morgan fingerprint density at radius 2 is 1.45 bits per heavy atom. The average Bonchev–Trinajstić information content (AvgIpc) is 2.38. The quantitative estimate of drug-likeness (QED) is 0.512. The van der Waals surface area contributed by atoms with Gasteiger partial charge in [0.05, 0.1) is 18.3 Å². The number of rotatable bonds is 10. The Labute approximate surface area is 133 Å². The van der Waals surface area contributed by atoms with Gasteiger partial charge in [-0.15, -0.1) is 0 Å². The molecule has 3 atom stereocenters. The first kappa shape index (κ1) is 19.1. The van der Waals surface area contributed by atoms with Gasteiger partial charge in [0, 0.05) is 32.7 Å². The van der Waals surface area contributed by atoms with E-state index in [2.05, 4.69) is 22.3 Å². The summed E-state index contributed by atoms with van der Waals surface area (Å²) in [6.07, 6.45) is -1.23. The van der Waals surface area contributed by atoms with E-state index in [9.17, 15) is 15.3 Å². The van der Waals surface area contributed by atoms with E-state index in [0.29, 0.717) is 32.7 Å². The average molecular weight is 310 g/mol. The lowest BCUT2D eigenvalue weighted by molar-refractivity contribution is 0.0792. The highest BCUT2D eigenvalue weighted by atomic mass is 16.3. The highest BCUT2D eigenvalue weighted by Crippen LogP contribution is 2.13. The Bertz CT molecular complexity index is 412. The summed E-state index contributed by atoms with van der Waals surface area (Å²) in [7, 11) is 0. The van der Waals surface area contributed by atoms with Crippen LogP contribution in [0.5, 0.6) is 0 Å². The number of hydrogen-bond acceptors (Lipinski definition) is 5. The Hall–Kier alpha value is -0.980. The Morgan fingerprint density at radius 3 is 1.95 bits per heavy atom. The number of hydrogen-bond donors (Lipinski definition) is 4. The third kappa shape index (κ3) is 7.87. The molecule has 0 fully saturated rings. The number of nitrogens with zero attached hydrogens (tertiary/aromatic N) is 1. The summed E-state index contributed by atoms with van der Waals surface area (Å²) in [4.78, 5) is 2.06. The summed E-state index contributed by atoms with van der Waals surface area (Å²) in [6, 6.07) is 8.12. The lowest BCUT2D eigenvalue weighted by Gasteiger charge is -2.26. The van der Waals surface area contributed by atoms with Crippen LogP contribution in [-0.2, 0) is 13.1 Å². The summed E-state index contributed by atoms with van der Waals surface area (Å²) in [5, 5.41) is 31.8. The van der Waals surface area contributed by atoms with Crippen molar-refractivity contribution in [3.05, 3.63) is 35.4 Å². The number of nitrogens with one attached hydrogen (secondary N) is 1. The SMILES string of the molecule is CC(O)CNCc1ccccc1CN(CC(C)O)CC(C)O. The Kier molecular flexibility index (Phi) is 8.60. The number of aliphatic hydroxyl groups excluding tert-OH is 3. The van der Waals surface area contributed by atoms with Gasteiger partial charge in [-0.2, -0.15) is 0 Å². The summed E-state index contributed by atoms with van der Waals surface area (Å²) in [5.41, 5.74) is 2.34. The van der Waals surface area contributed by atoms with Crippen molar-refractivity contribution in [3.8, 4) is 0 Å². The maximum Gasteiger partial charge on any atom is 0.0639 e. The molecule has 5 heteroatoms. The van der Waals surface area contributed by atoms with Crippen molar-refractivity contribution in [2.45, 2.75) is 52.2 Å². The van der Waals surface area contributed by atoms with E-state index in [1.54, 1.807) is 20.8 Å². The van der Waals surface area contributed by atoms with Crippen molar-refractivity contribution in [2.24, 2.45) is 0 Å². The van der Waals surface area contributed by atoms with Crippen molar-refractivity contribution in [1.82, 2.24) is 10.2 Å². The van der Waals surface area contributed by atoms with Crippen molar-refractivity contribution in [2.75, 3.05) is 19.6 Å². The smallest absolute Gasteiger partial charge is 0.0639 e. The first-order valence-electron chi connectivity index (χ1n) is 7.92. The summed E-state index contributed by atoms with van der Waals surface area (Å²) in [5.74, 6) is 0. The molecule has 0 heterocycles. The van der Waals surface area contributed by atoms with Gasteiger partial charge < -0.3 is 20.6 Å². The fourth-order valence-corrected chi connectivity index (χ4v) is 2.49. The number of aliphatic hydroxyl groups is 3. The molecule has 5 nitrogen and oxygen atoms in total. The van der Waals surface area contributed by atoms with E-state index < -0.39 is 12.2 Å². The maximum atomic E-state index is 9.62. The molecule has 4 N–H and O–H groups in total. The fourth-order valence-electron chi connectivity index (χ4n) is 2.49. The molecule has 126 valence electrons. The lowest BCUT2D eigenvalue weighted by Crippen LogP contribution is -2.36. The first-order valence-corrected chi connectivity index (χ1v) is 7.92. The Balaban J connectivity index is 2.71. The van der Waals surface area contributed by atoms with Gasteiger partial charge in [-0.3, -0.25) is 4.90 Å². The topological polar surface area (TPSA) is 76.0 Å². The van der Waals surface area contributed by atoms with Crippen LogP contribution in [0, 0.1) is 0 Å². The van der Waals surface area contributed by atoms with E-state index in [4.69, 9.17) is 0 Å². The van der Waals surface area contributed by atoms with Crippen LogP contribution in [0.15, 0.2) is 24.3 Å². The minimum Gasteiger partial charge on any atom is -0.392 e. The first-order chi connectivity index (χ1) is 10.4. The van der Waals surface area contributed by atoms with Crippen molar-refractivity contribution < 1.29 is 15.3 Å². The molecule has 0 aliphatic heterocycles. The largest absolute Gasteiger partial charge is 0.392 e. The van der Waals surface area contributed by atoms with Crippen LogP contribution < -0.4 is 5.32 Å². The molecule has 0 saturated heterocycles. The van der Waals surface area contributed by atoms with E-state index >= 15 is 0 Å². The zero-order valence-electron chi connectivity index (χ0n) is 13.9. The van der Waals surface area contributed by atoms with Crippen LogP contribution in [0.3, 0.4) is 0 Å². The van der Waals surface area contributed by atoms with Crippen LogP contribution in [0.4, 0.5) is 0 Å². The van der Waals surface area contributed by atoms with Crippen LogP contribution in [0.25, 0.3) is 0 Å². The molecule has 0 bridgehead atoms. The molecular weight excluding hydrogens is 280 g/mol. The van der Waals surface area contributed by atoms with E-state index in [1.807, 2.05) is 12.1 Å². The van der Waals surface area contributed by atoms with E-state index in [1.165, 1.54) is 11.1 Å². The third-order valence-corrected chi connectivity index (χ3v) is 3.31. The van der Waals surface area contributed by atoms with Crippen LogP contribution >= 0.6 is 0 Å². The molecule has 1 aromatic carbocycles. The van der Waals surface area contributed by atoms with Gasteiger partial charge in [0.15, 0.2) is 0 Å². The third-order valence-electron chi connectivity index (χ3n) is 3.31. The molecule has 0 aliphatic rings. The van der Waals surface area contributed by atoms with Crippen molar-refractivity contribution in [3.63, 3.8) is 0 Å². The monoisotopic (exact) mass is 310 g/mol. The fraction of sp³-hybridized carbons (Fsp3) is 0.647.